The molecule has 1 aliphatic rings. The molecule has 2 heteroatoms. The Morgan fingerprint density at radius 1 is 1.00 bits per heavy atom. The van der Waals surface area contributed by atoms with Crippen molar-refractivity contribution in [2.24, 2.45) is 4.99 Å². The third-order valence-corrected chi connectivity index (χ3v) is 5.26. The predicted octanol–water partition coefficient (Wildman–Crippen LogP) is 6.13. The maximum absolute atomic E-state index is 4.13. The first-order valence-corrected chi connectivity index (χ1v) is 9.48. The molecule has 1 unspecified atom stereocenters. The minimum absolute atomic E-state index is 0.510. The van der Waals surface area contributed by atoms with Crippen LogP contribution in [-0.4, -0.2) is 24.2 Å². The molecule has 0 aliphatic carbocycles. The summed E-state index contributed by atoms with van der Waals surface area (Å²) in [5, 5.41) is 0. The zero-order valence-corrected chi connectivity index (χ0v) is 15.9. The molecular formula is C24H28N2. The highest BCUT2D eigenvalue weighted by Gasteiger charge is 2.19. The minimum atomic E-state index is 0.510. The Morgan fingerprint density at radius 2 is 1.58 bits per heavy atom. The molecule has 0 radical (unpaired) electrons. The first-order chi connectivity index (χ1) is 12.7. The van der Waals surface area contributed by atoms with Crippen molar-refractivity contribution in [2.45, 2.75) is 32.7 Å². The summed E-state index contributed by atoms with van der Waals surface area (Å²) in [5.74, 6) is 0. The third kappa shape index (κ3) is 4.20. The average molecular weight is 345 g/mol. The van der Waals surface area contributed by atoms with Gasteiger partial charge in [0.25, 0.3) is 0 Å². The molecule has 0 aromatic heterocycles. The van der Waals surface area contributed by atoms with E-state index >= 15 is 0 Å². The molecule has 1 atom stereocenters. The summed E-state index contributed by atoms with van der Waals surface area (Å²) >= 11 is 0. The van der Waals surface area contributed by atoms with E-state index in [2.05, 4.69) is 78.0 Å². The summed E-state index contributed by atoms with van der Waals surface area (Å²) in [6.45, 7) is 10.4. The lowest BCUT2D eigenvalue weighted by molar-refractivity contribution is 0.263. The van der Waals surface area contributed by atoms with Gasteiger partial charge in [0.2, 0.25) is 0 Å². The van der Waals surface area contributed by atoms with Gasteiger partial charge in [-0.25, -0.2) is 0 Å². The maximum atomic E-state index is 4.13. The molecule has 134 valence electrons. The fourth-order valence-electron chi connectivity index (χ4n) is 3.60. The van der Waals surface area contributed by atoms with E-state index < -0.39 is 0 Å². The molecule has 0 spiro atoms. The molecular weight excluding hydrogens is 316 g/mol. The van der Waals surface area contributed by atoms with E-state index in [1.807, 2.05) is 13.1 Å². The quantitative estimate of drug-likeness (QED) is 0.576. The second-order valence-electron chi connectivity index (χ2n) is 6.82. The molecule has 0 amide bonds. The molecule has 1 saturated heterocycles. The number of likely N-dealkylation sites (tertiary alicyclic amines) is 1. The number of hydrogen-bond acceptors (Lipinski definition) is 2. The number of nitrogens with zero attached hydrogens (tertiary/aromatic N) is 2. The van der Waals surface area contributed by atoms with Gasteiger partial charge < -0.3 is 0 Å². The second-order valence-corrected chi connectivity index (χ2v) is 6.82. The van der Waals surface area contributed by atoms with Crippen LogP contribution in [0.4, 0.5) is 0 Å². The van der Waals surface area contributed by atoms with Gasteiger partial charge in [-0.1, -0.05) is 61.2 Å². The Balaban J connectivity index is 1.75. The van der Waals surface area contributed by atoms with Gasteiger partial charge in [-0.2, -0.15) is 0 Å². The van der Waals surface area contributed by atoms with Crippen LogP contribution in [0.3, 0.4) is 0 Å². The maximum Gasteiger partial charge on any atom is 0.0342 e. The molecule has 3 rings (SSSR count). The van der Waals surface area contributed by atoms with E-state index in [4.69, 9.17) is 0 Å². The molecule has 0 saturated carbocycles. The molecule has 1 heterocycles. The zero-order valence-electron chi connectivity index (χ0n) is 15.9. The van der Waals surface area contributed by atoms with Crippen molar-refractivity contribution >= 4 is 11.8 Å². The van der Waals surface area contributed by atoms with Crippen molar-refractivity contribution < 1.29 is 0 Å². The second kappa shape index (κ2) is 8.77. The molecule has 0 bridgehead atoms. The van der Waals surface area contributed by atoms with Gasteiger partial charge in [0.1, 0.15) is 0 Å². The highest BCUT2D eigenvalue weighted by atomic mass is 15.2. The van der Waals surface area contributed by atoms with Crippen molar-refractivity contribution in [3.05, 3.63) is 78.5 Å². The lowest BCUT2D eigenvalue weighted by Crippen LogP contribution is -2.23. The van der Waals surface area contributed by atoms with Gasteiger partial charge in [0.05, 0.1) is 0 Å². The smallest absolute Gasteiger partial charge is 0.0342 e. The Hall–Kier alpha value is -2.45. The topological polar surface area (TPSA) is 15.6 Å². The van der Waals surface area contributed by atoms with Crippen molar-refractivity contribution in [1.82, 2.24) is 4.90 Å². The molecule has 2 aromatic carbocycles. The fourth-order valence-corrected chi connectivity index (χ4v) is 3.60. The van der Waals surface area contributed by atoms with E-state index in [0.717, 1.165) is 5.57 Å². The van der Waals surface area contributed by atoms with Gasteiger partial charge in [-0.05, 0) is 67.6 Å². The first-order valence-electron chi connectivity index (χ1n) is 9.48. The molecule has 1 fully saturated rings. The third-order valence-electron chi connectivity index (χ3n) is 5.26. The van der Waals surface area contributed by atoms with Gasteiger partial charge in [0, 0.05) is 18.5 Å². The Labute approximate surface area is 157 Å². The van der Waals surface area contributed by atoms with Gasteiger partial charge in [-0.3, -0.25) is 9.89 Å². The van der Waals surface area contributed by atoms with E-state index in [1.165, 1.54) is 48.2 Å². The monoisotopic (exact) mass is 344 g/mol. The zero-order chi connectivity index (χ0) is 18.4. The number of allylic oxidation sites excluding steroid dienone is 2. The molecule has 26 heavy (non-hydrogen) atoms. The lowest BCUT2D eigenvalue weighted by atomic mass is 9.98. The van der Waals surface area contributed by atoms with E-state index in [9.17, 15) is 0 Å². The Bertz CT molecular complexity index is 776. The lowest BCUT2D eigenvalue weighted by Gasteiger charge is -2.24. The van der Waals surface area contributed by atoms with Crippen molar-refractivity contribution in [1.29, 1.82) is 0 Å². The number of hydrogen-bond donors (Lipinski definition) is 0. The number of rotatable bonds is 6. The van der Waals surface area contributed by atoms with E-state index in [0.29, 0.717) is 6.04 Å². The first kappa shape index (κ1) is 18.3. The SMILES string of the molecule is C=CN=C/C(=C\C)c1ccc(-c2ccc(C(C)N3CCCC3)cc2)cc1. The largest absolute Gasteiger partial charge is 0.297 e. The summed E-state index contributed by atoms with van der Waals surface area (Å²) in [6, 6.07) is 18.2. The fraction of sp³-hybridized carbons (Fsp3) is 0.292. The van der Waals surface area contributed by atoms with Crippen LogP contribution in [0.2, 0.25) is 0 Å². The standard InChI is InChI=1S/C24H28N2/c1-4-20(18-25-5-2)22-12-14-24(15-13-22)23-10-8-21(9-11-23)19(3)26-16-6-7-17-26/h4-5,8-15,18-19H,2,6-7,16-17H2,1,3H3/b20-4+,25-18?. The Kier molecular flexibility index (Phi) is 6.19. The van der Waals surface area contributed by atoms with Crippen LogP contribution in [0.15, 0.2) is 72.4 Å². The highest BCUT2D eigenvalue weighted by molar-refractivity contribution is 6.09. The van der Waals surface area contributed by atoms with Crippen LogP contribution in [-0.2, 0) is 0 Å². The van der Waals surface area contributed by atoms with Crippen molar-refractivity contribution in [3.8, 4) is 11.1 Å². The van der Waals surface area contributed by atoms with Gasteiger partial charge >= 0.3 is 0 Å². The van der Waals surface area contributed by atoms with Crippen LogP contribution >= 0.6 is 0 Å². The highest BCUT2D eigenvalue weighted by Crippen LogP contribution is 2.27. The minimum Gasteiger partial charge on any atom is -0.297 e. The summed E-state index contributed by atoms with van der Waals surface area (Å²) in [6.07, 6.45) is 8.14. The van der Waals surface area contributed by atoms with Crippen LogP contribution in [0.25, 0.3) is 16.7 Å². The molecule has 0 N–H and O–H groups in total. The normalized spacial score (nSPS) is 16.9. The average Bonchev–Trinajstić information content (AvgIpc) is 3.23. The van der Waals surface area contributed by atoms with Gasteiger partial charge in [0.15, 0.2) is 0 Å². The number of benzene rings is 2. The summed E-state index contributed by atoms with van der Waals surface area (Å²) in [5.41, 5.74) is 6.18. The molecule has 2 aromatic rings. The summed E-state index contributed by atoms with van der Waals surface area (Å²) in [7, 11) is 0. The molecule has 2 nitrogen and oxygen atoms in total. The van der Waals surface area contributed by atoms with Crippen LogP contribution in [0, 0.1) is 0 Å². The van der Waals surface area contributed by atoms with Crippen LogP contribution in [0.5, 0.6) is 0 Å². The van der Waals surface area contributed by atoms with Crippen LogP contribution < -0.4 is 0 Å². The summed E-state index contributed by atoms with van der Waals surface area (Å²) < 4.78 is 0. The van der Waals surface area contributed by atoms with Crippen LogP contribution in [0.1, 0.15) is 43.9 Å². The van der Waals surface area contributed by atoms with Crippen molar-refractivity contribution in [3.63, 3.8) is 0 Å². The van der Waals surface area contributed by atoms with Crippen molar-refractivity contribution in [2.75, 3.05) is 13.1 Å². The Morgan fingerprint density at radius 3 is 2.12 bits per heavy atom. The summed E-state index contributed by atoms with van der Waals surface area (Å²) in [4.78, 5) is 6.70. The van der Waals surface area contributed by atoms with Gasteiger partial charge in [-0.15, -0.1) is 0 Å². The number of aliphatic imine (C=N–C) groups is 1. The van der Waals surface area contributed by atoms with E-state index in [-0.39, 0.29) is 0 Å². The van der Waals surface area contributed by atoms with E-state index in [1.54, 1.807) is 6.20 Å². The predicted molar refractivity (Wildman–Crippen MR) is 113 cm³/mol. The molecule has 1 aliphatic heterocycles.